The van der Waals surface area contributed by atoms with Crippen LogP contribution >= 0.6 is 15.9 Å². The van der Waals surface area contributed by atoms with Gasteiger partial charge in [0.15, 0.2) is 0 Å². The molecule has 2 nitrogen and oxygen atoms in total. The van der Waals surface area contributed by atoms with Gasteiger partial charge in [-0.1, -0.05) is 15.9 Å². The number of hydrogen-bond acceptors (Lipinski definition) is 2. The van der Waals surface area contributed by atoms with E-state index in [1.165, 1.54) is 6.07 Å². The molecular weight excluding hydrogens is 321 g/mol. The number of ether oxygens (including phenoxy) is 1. The van der Waals surface area contributed by atoms with Crippen LogP contribution in [-0.2, 0) is 0 Å². The summed E-state index contributed by atoms with van der Waals surface area (Å²) in [4.78, 5) is 0. The fraction of sp³-hybridized carbons (Fsp3) is 0.250. The summed E-state index contributed by atoms with van der Waals surface area (Å²) in [5, 5.41) is 3.28. The zero-order valence-electron chi connectivity index (χ0n) is 11.5. The summed E-state index contributed by atoms with van der Waals surface area (Å²) in [6.07, 6.45) is 0. The van der Waals surface area contributed by atoms with Gasteiger partial charge in [0.05, 0.1) is 12.6 Å². The molecule has 0 radical (unpaired) electrons. The molecule has 1 N–H and O–H groups in total. The largest absolute Gasteiger partial charge is 0.494 e. The van der Waals surface area contributed by atoms with Crippen LogP contribution in [0, 0.1) is 5.82 Å². The van der Waals surface area contributed by atoms with Crippen molar-refractivity contribution in [2.24, 2.45) is 0 Å². The summed E-state index contributed by atoms with van der Waals surface area (Å²) in [5.74, 6) is 0.624. The molecular formula is C16H17BrFNO. The van der Waals surface area contributed by atoms with Crippen molar-refractivity contribution in [3.8, 4) is 5.75 Å². The maximum atomic E-state index is 13.8. The van der Waals surface area contributed by atoms with Gasteiger partial charge in [-0.25, -0.2) is 4.39 Å². The summed E-state index contributed by atoms with van der Waals surface area (Å²) in [5.41, 5.74) is 1.56. The van der Waals surface area contributed by atoms with Gasteiger partial charge in [-0.2, -0.15) is 0 Å². The third kappa shape index (κ3) is 3.73. The van der Waals surface area contributed by atoms with Gasteiger partial charge in [0.25, 0.3) is 0 Å². The lowest BCUT2D eigenvalue weighted by atomic mass is 10.1. The van der Waals surface area contributed by atoms with Gasteiger partial charge in [-0.3, -0.25) is 0 Å². The molecule has 0 fully saturated rings. The molecule has 1 unspecified atom stereocenters. The van der Waals surface area contributed by atoms with Crippen LogP contribution in [0.5, 0.6) is 5.75 Å². The lowest BCUT2D eigenvalue weighted by Crippen LogP contribution is -2.08. The summed E-state index contributed by atoms with van der Waals surface area (Å²) >= 11 is 3.37. The number of rotatable bonds is 5. The molecule has 4 heteroatoms. The molecule has 0 heterocycles. The molecule has 2 rings (SSSR count). The predicted molar refractivity (Wildman–Crippen MR) is 83.7 cm³/mol. The van der Waals surface area contributed by atoms with Gasteiger partial charge in [0.1, 0.15) is 11.6 Å². The highest BCUT2D eigenvalue weighted by Crippen LogP contribution is 2.25. The number of anilines is 1. The Bertz CT molecular complexity index is 571. The third-order valence-electron chi connectivity index (χ3n) is 2.97. The smallest absolute Gasteiger partial charge is 0.128 e. The average Bonchev–Trinajstić information content (AvgIpc) is 2.44. The van der Waals surface area contributed by atoms with Crippen molar-refractivity contribution in [2.45, 2.75) is 19.9 Å². The van der Waals surface area contributed by atoms with Crippen LogP contribution in [0.2, 0.25) is 0 Å². The lowest BCUT2D eigenvalue weighted by molar-refractivity contribution is 0.340. The number of nitrogens with one attached hydrogen (secondary N) is 1. The van der Waals surface area contributed by atoms with Crippen LogP contribution in [0.25, 0.3) is 0 Å². The van der Waals surface area contributed by atoms with Crippen molar-refractivity contribution in [3.63, 3.8) is 0 Å². The summed E-state index contributed by atoms with van der Waals surface area (Å²) in [7, 11) is 0. The quantitative estimate of drug-likeness (QED) is 0.813. The Morgan fingerprint density at radius 2 is 1.90 bits per heavy atom. The van der Waals surface area contributed by atoms with Crippen molar-refractivity contribution in [2.75, 3.05) is 11.9 Å². The Balaban J connectivity index is 2.10. The maximum Gasteiger partial charge on any atom is 0.128 e. The molecule has 0 amide bonds. The lowest BCUT2D eigenvalue weighted by Gasteiger charge is -2.17. The second-order valence-electron chi connectivity index (χ2n) is 4.49. The Labute approximate surface area is 127 Å². The normalized spacial score (nSPS) is 12.0. The van der Waals surface area contributed by atoms with Crippen molar-refractivity contribution in [3.05, 3.63) is 58.3 Å². The molecule has 1 atom stereocenters. The highest BCUT2D eigenvalue weighted by molar-refractivity contribution is 9.10. The van der Waals surface area contributed by atoms with Gasteiger partial charge < -0.3 is 10.1 Å². The van der Waals surface area contributed by atoms with Crippen LogP contribution in [-0.4, -0.2) is 6.61 Å². The maximum absolute atomic E-state index is 13.8. The van der Waals surface area contributed by atoms with E-state index in [4.69, 9.17) is 4.74 Å². The second-order valence-corrected chi connectivity index (χ2v) is 5.40. The number of hydrogen-bond donors (Lipinski definition) is 1. The first-order valence-electron chi connectivity index (χ1n) is 6.54. The van der Waals surface area contributed by atoms with E-state index >= 15 is 0 Å². The predicted octanol–water partition coefficient (Wildman–Crippen LogP) is 5.16. The van der Waals surface area contributed by atoms with Crippen molar-refractivity contribution < 1.29 is 9.13 Å². The van der Waals surface area contributed by atoms with Crippen molar-refractivity contribution >= 4 is 21.6 Å². The first-order chi connectivity index (χ1) is 9.60. The highest BCUT2D eigenvalue weighted by Gasteiger charge is 2.11. The number of halogens is 2. The molecule has 0 saturated heterocycles. The Morgan fingerprint density at radius 3 is 2.55 bits per heavy atom. The molecule has 0 aliphatic carbocycles. The Morgan fingerprint density at radius 1 is 1.20 bits per heavy atom. The molecule has 0 saturated carbocycles. The van der Waals surface area contributed by atoms with Crippen molar-refractivity contribution in [1.29, 1.82) is 0 Å². The first kappa shape index (κ1) is 14.9. The van der Waals surface area contributed by atoms with Gasteiger partial charge in [-0.05, 0) is 56.3 Å². The van der Waals surface area contributed by atoms with Crippen molar-refractivity contribution in [1.82, 2.24) is 0 Å². The van der Waals surface area contributed by atoms with E-state index in [2.05, 4.69) is 21.2 Å². The molecule has 20 heavy (non-hydrogen) atoms. The second kappa shape index (κ2) is 6.75. The SMILES string of the molecule is CCOc1ccc(NC(C)c2cc(Br)ccc2F)cc1. The molecule has 0 aromatic heterocycles. The van der Waals surface area contributed by atoms with Crippen LogP contribution in [0.1, 0.15) is 25.5 Å². The van der Waals surface area contributed by atoms with Crippen LogP contribution < -0.4 is 10.1 Å². The van der Waals surface area contributed by atoms with Crippen LogP contribution in [0.15, 0.2) is 46.9 Å². The minimum atomic E-state index is -0.209. The molecule has 0 bridgehead atoms. The van der Waals surface area contributed by atoms with Gasteiger partial charge in [-0.15, -0.1) is 0 Å². The van der Waals surface area contributed by atoms with E-state index in [0.717, 1.165) is 15.9 Å². The van der Waals surface area contributed by atoms with E-state index < -0.39 is 0 Å². The highest BCUT2D eigenvalue weighted by atomic mass is 79.9. The molecule has 2 aromatic rings. The Kier molecular flexibility index (Phi) is 5.01. The topological polar surface area (TPSA) is 21.3 Å². The third-order valence-corrected chi connectivity index (χ3v) is 3.47. The monoisotopic (exact) mass is 337 g/mol. The molecule has 0 aliphatic heterocycles. The summed E-state index contributed by atoms with van der Waals surface area (Å²) < 4.78 is 20.1. The van der Waals surface area contributed by atoms with E-state index in [0.29, 0.717) is 12.2 Å². The zero-order valence-corrected chi connectivity index (χ0v) is 13.1. The zero-order chi connectivity index (χ0) is 14.5. The van der Waals surface area contributed by atoms with Gasteiger partial charge in [0, 0.05) is 15.7 Å². The molecule has 0 aliphatic rings. The minimum absolute atomic E-state index is 0.120. The van der Waals surface area contributed by atoms with E-state index in [9.17, 15) is 4.39 Å². The van der Waals surface area contributed by atoms with Crippen LogP contribution in [0.4, 0.5) is 10.1 Å². The molecule has 2 aromatic carbocycles. The van der Waals surface area contributed by atoms with E-state index in [1.54, 1.807) is 12.1 Å². The van der Waals surface area contributed by atoms with E-state index in [1.807, 2.05) is 38.1 Å². The fourth-order valence-electron chi connectivity index (χ4n) is 1.99. The minimum Gasteiger partial charge on any atom is -0.494 e. The molecule has 106 valence electrons. The van der Waals surface area contributed by atoms with E-state index in [-0.39, 0.29) is 11.9 Å². The number of benzene rings is 2. The fourth-order valence-corrected chi connectivity index (χ4v) is 2.37. The molecule has 0 spiro atoms. The first-order valence-corrected chi connectivity index (χ1v) is 7.33. The summed E-state index contributed by atoms with van der Waals surface area (Å²) in [6.45, 7) is 4.53. The summed E-state index contributed by atoms with van der Waals surface area (Å²) in [6, 6.07) is 12.5. The van der Waals surface area contributed by atoms with Gasteiger partial charge >= 0.3 is 0 Å². The van der Waals surface area contributed by atoms with Gasteiger partial charge in [0.2, 0.25) is 0 Å². The average molecular weight is 338 g/mol. The van der Waals surface area contributed by atoms with Crippen LogP contribution in [0.3, 0.4) is 0 Å². The Hall–Kier alpha value is -1.55. The standard InChI is InChI=1S/C16H17BrFNO/c1-3-20-14-7-5-13(6-8-14)19-11(2)15-10-12(17)4-9-16(15)18/h4-11,19H,3H2,1-2H3.